The molecule has 0 unspecified atom stereocenters. The third kappa shape index (κ3) is 5.71. The zero-order valence-corrected chi connectivity index (χ0v) is 15.3. The first kappa shape index (κ1) is 18.6. The summed E-state index contributed by atoms with van der Waals surface area (Å²) < 4.78 is 0. The Labute approximate surface area is 149 Å². The van der Waals surface area contributed by atoms with Crippen molar-refractivity contribution in [2.24, 2.45) is 10.9 Å². The van der Waals surface area contributed by atoms with E-state index in [4.69, 9.17) is 11.6 Å². The minimum absolute atomic E-state index is 0.138. The Morgan fingerprint density at radius 3 is 2.54 bits per heavy atom. The Kier molecular flexibility index (Phi) is 7.37. The lowest BCUT2D eigenvalue weighted by Crippen LogP contribution is -2.46. The molecule has 6 heteroatoms. The normalized spacial score (nSPS) is 16.1. The zero-order chi connectivity index (χ0) is 17.4. The van der Waals surface area contributed by atoms with Crippen LogP contribution in [0.5, 0.6) is 0 Å². The fourth-order valence-electron chi connectivity index (χ4n) is 3.02. The van der Waals surface area contributed by atoms with Crippen LogP contribution in [0.25, 0.3) is 0 Å². The van der Waals surface area contributed by atoms with Crippen LogP contribution in [0.4, 0.5) is 0 Å². The molecule has 0 aliphatic carbocycles. The Morgan fingerprint density at radius 2 is 1.96 bits per heavy atom. The number of piperidine rings is 1. The second-order valence-electron chi connectivity index (χ2n) is 6.16. The summed E-state index contributed by atoms with van der Waals surface area (Å²) in [7, 11) is 3.52. The van der Waals surface area contributed by atoms with E-state index < -0.39 is 0 Å². The van der Waals surface area contributed by atoms with Crippen LogP contribution in [0.3, 0.4) is 0 Å². The number of nitrogens with zero attached hydrogens (tertiary/aromatic N) is 2. The molecule has 5 nitrogen and oxygen atoms in total. The van der Waals surface area contributed by atoms with Gasteiger partial charge in [-0.25, -0.2) is 0 Å². The molecule has 0 atom stereocenters. The number of amides is 1. The zero-order valence-electron chi connectivity index (χ0n) is 14.5. The number of benzene rings is 1. The molecule has 1 saturated heterocycles. The number of aliphatic imine (C=N–C) groups is 1. The Balaban J connectivity index is 1.74. The highest BCUT2D eigenvalue weighted by molar-refractivity contribution is 6.30. The van der Waals surface area contributed by atoms with Crippen molar-refractivity contribution < 1.29 is 4.79 Å². The van der Waals surface area contributed by atoms with Gasteiger partial charge in [0, 0.05) is 45.2 Å². The molecular formula is C18H27ClN4O. The fraction of sp³-hybridized carbons (Fsp3) is 0.556. The number of nitrogens with one attached hydrogen (secondary N) is 2. The highest BCUT2D eigenvalue weighted by Crippen LogP contribution is 2.20. The van der Waals surface area contributed by atoms with E-state index in [9.17, 15) is 4.79 Å². The Bertz CT molecular complexity index is 551. The average molecular weight is 351 g/mol. The van der Waals surface area contributed by atoms with Crippen LogP contribution >= 0.6 is 11.6 Å². The van der Waals surface area contributed by atoms with Crippen LogP contribution in [-0.2, 0) is 11.2 Å². The second kappa shape index (κ2) is 9.52. The molecule has 24 heavy (non-hydrogen) atoms. The SMILES string of the molecule is CN=C(NCCc1ccc(Cl)cc1)N1CCC(CC(=O)NC)CC1. The van der Waals surface area contributed by atoms with Crippen molar-refractivity contribution in [3.05, 3.63) is 34.9 Å². The summed E-state index contributed by atoms with van der Waals surface area (Å²) in [5.74, 6) is 1.56. The van der Waals surface area contributed by atoms with Gasteiger partial charge in [0.1, 0.15) is 0 Å². The van der Waals surface area contributed by atoms with Crippen molar-refractivity contribution >= 4 is 23.5 Å². The van der Waals surface area contributed by atoms with E-state index in [0.717, 1.165) is 49.9 Å². The van der Waals surface area contributed by atoms with Gasteiger partial charge in [0.25, 0.3) is 0 Å². The molecule has 0 saturated carbocycles. The summed E-state index contributed by atoms with van der Waals surface area (Å²) in [5, 5.41) is 6.91. The van der Waals surface area contributed by atoms with Gasteiger partial charge in [0.05, 0.1) is 0 Å². The number of guanidine groups is 1. The highest BCUT2D eigenvalue weighted by Gasteiger charge is 2.22. The molecule has 2 rings (SSSR count). The molecule has 1 amide bonds. The number of hydrogen-bond acceptors (Lipinski definition) is 2. The second-order valence-corrected chi connectivity index (χ2v) is 6.59. The third-order valence-electron chi connectivity index (χ3n) is 4.49. The van der Waals surface area contributed by atoms with Crippen molar-refractivity contribution in [2.75, 3.05) is 33.7 Å². The number of hydrogen-bond donors (Lipinski definition) is 2. The number of carbonyl (C=O) groups is 1. The maximum absolute atomic E-state index is 11.5. The fourth-order valence-corrected chi connectivity index (χ4v) is 3.14. The summed E-state index contributed by atoms with van der Waals surface area (Å²) in [5.41, 5.74) is 1.26. The molecule has 1 heterocycles. The molecule has 1 aromatic carbocycles. The van der Waals surface area contributed by atoms with Crippen LogP contribution in [0.15, 0.2) is 29.3 Å². The van der Waals surface area contributed by atoms with Gasteiger partial charge >= 0.3 is 0 Å². The Morgan fingerprint density at radius 1 is 1.29 bits per heavy atom. The van der Waals surface area contributed by atoms with Crippen molar-refractivity contribution in [1.29, 1.82) is 0 Å². The monoisotopic (exact) mass is 350 g/mol. The molecule has 0 radical (unpaired) electrons. The third-order valence-corrected chi connectivity index (χ3v) is 4.74. The molecule has 1 aromatic rings. The highest BCUT2D eigenvalue weighted by atomic mass is 35.5. The van der Waals surface area contributed by atoms with Crippen LogP contribution in [-0.4, -0.2) is 50.5 Å². The van der Waals surface area contributed by atoms with Gasteiger partial charge in [-0.15, -0.1) is 0 Å². The molecule has 0 aromatic heterocycles. The van der Waals surface area contributed by atoms with Gasteiger partial charge in [0.15, 0.2) is 5.96 Å². The number of likely N-dealkylation sites (tertiary alicyclic amines) is 1. The van der Waals surface area contributed by atoms with E-state index in [1.54, 1.807) is 7.05 Å². The summed E-state index contributed by atoms with van der Waals surface area (Å²) >= 11 is 5.91. The first-order valence-corrected chi connectivity index (χ1v) is 8.90. The molecule has 132 valence electrons. The maximum atomic E-state index is 11.5. The summed E-state index contributed by atoms with van der Waals surface area (Å²) in [6.45, 7) is 2.73. The Hall–Kier alpha value is -1.75. The molecule has 1 fully saturated rings. The van der Waals surface area contributed by atoms with Crippen molar-refractivity contribution in [3.8, 4) is 0 Å². The smallest absolute Gasteiger partial charge is 0.220 e. The lowest BCUT2D eigenvalue weighted by atomic mass is 9.93. The lowest BCUT2D eigenvalue weighted by Gasteiger charge is -2.34. The lowest BCUT2D eigenvalue weighted by molar-refractivity contribution is -0.121. The number of halogens is 1. The molecule has 0 bridgehead atoms. The van der Waals surface area contributed by atoms with E-state index in [-0.39, 0.29) is 5.91 Å². The van der Waals surface area contributed by atoms with Gasteiger partial charge in [-0.1, -0.05) is 23.7 Å². The summed E-state index contributed by atoms with van der Waals surface area (Å²) in [6.07, 6.45) is 3.63. The van der Waals surface area contributed by atoms with E-state index in [2.05, 4.69) is 32.7 Å². The van der Waals surface area contributed by atoms with Crippen LogP contribution in [0, 0.1) is 5.92 Å². The van der Waals surface area contributed by atoms with Crippen LogP contribution in [0.2, 0.25) is 5.02 Å². The average Bonchev–Trinajstić information content (AvgIpc) is 2.61. The molecular weight excluding hydrogens is 324 g/mol. The molecule has 1 aliphatic rings. The van der Waals surface area contributed by atoms with E-state index in [1.165, 1.54) is 5.56 Å². The van der Waals surface area contributed by atoms with Gasteiger partial charge in [0.2, 0.25) is 5.91 Å². The minimum atomic E-state index is 0.138. The number of carbonyl (C=O) groups excluding carboxylic acids is 1. The molecule has 2 N–H and O–H groups in total. The van der Waals surface area contributed by atoms with Crippen molar-refractivity contribution in [1.82, 2.24) is 15.5 Å². The quantitative estimate of drug-likeness (QED) is 0.633. The van der Waals surface area contributed by atoms with Gasteiger partial charge < -0.3 is 15.5 Å². The molecule has 1 aliphatic heterocycles. The summed E-state index contributed by atoms with van der Waals surface area (Å²) in [4.78, 5) is 18.1. The predicted molar refractivity (Wildman–Crippen MR) is 99.5 cm³/mol. The predicted octanol–water partition coefficient (Wildman–Crippen LogP) is 2.31. The van der Waals surface area contributed by atoms with E-state index in [0.29, 0.717) is 12.3 Å². The maximum Gasteiger partial charge on any atom is 0.220 e. The summed E-state index contributed by atoms with van der Waals surface area (Å²) in [6, 6.07) is 7.94. The van der Waals surface area contributed by atoms with E-state index in [1.807, 2.05) is 19.2 Å². The van der Waals surface area contributed by atoms with Crippen molar-refractivity contribution in [3.63, 3.8) is 0 Å². The van der Waals surface area contributed by atoms with Crippen molar-refractivity contribution in [2.45, 2.75) is 25.7 Å². The largest absolute Gasteiger partial charge is 0.359 e. The van der Waals surface area contributed by atoms with E-state index >= 15 is 0 Å². The van der Waals surface area contributed by atoms with Crippen LogP contribution in [0.1, 0.15) is 24.8 Å². The molecule has 0 spiro atoms. The number of rotatable bonds is 5. The topological polar surface area (TPSA) is 56.7 Å². The standard InChI is InChI=1S/C18H27ClN4O/c1-20-17(24)13-15-8-11-23(12-9-15)18(21-2)22-10-7-14-3-5-16(19)6-4-14/h3-6,15H,7-13H2,1-2H3,(H,20,24)(H,21,22). The first-order valence-electron chi connectivity index (χ1n) is 8.53. The first-order chi connectivity index (χ1) is 11.6. The van der Waals surface area contributed by atoms with Gasteiger partial charge in [-0.05, 0) is 42.9 Å². The minimum Gasteiger partial charge on any atom is -0.359 e. The van der Waals surface area contributed by atoms with Gasteiger partial charge in [-0.3, -0.25) is 9.79 Å². The van der Waals surface area contributed by atoms with Gasteiger partial charge in [-0.2, -0.15) is 0 Å². The van der Waals surface area contributed by atoms with Crippen LogP contribution < -0.4 is 10.6 Å².